The van der Waals surface area contributed by atoms with Crippen molar-refractivity contribution in [2.24, 2.45) is 0 Å². The highest BCUT2D eigenvalue weighted by Crippen LogP contribution is 2.24. The Hall–Kier alpha value is -1.36. The largest absolute Gasteiger partial charge is 0.373 e. The first-order valence-electron chi connectivity index (χ1n) is 6.82. The zero-order valence-electron chi connectivity index (χ0n) is 11.9. The molecular formula is C15H19BrN2O2. The third-order valence-corrected chi connectivity index (χ3v) is 4.60. The van der Waals surface area contributed by atoms with E-state index in [4.69, 9.17) is 0 Å². The number of likely N-dealkylation sites (tertiary alicyclic amines) is 1. The maximum Gasteiger partial charge on any atom is 0.252 e. The first kappa shape index (κ1) is 15.0. The molecule has 5 heteroatoms. The van der Waals surface area contributed by atoms with Crippen LogP contribution in [0.15, 0.2) is 22.7 Å². The molecule has 2 amide bonds. The van der Waals surface area contributed by atoms with E-state index < -0.39 is 6.04 Å². The average Bonchev–Trinajstić information content (AvgIpc) is 2.68. The predicted molar refractivity (Wildman–Crippen MR) is 82.5 cm³/mol. The number of aryl methyl sites for hydroxylation is 1. The highest BCUT2D eigenvalue weighted by atomic mass is 79.9. The fourth-order valence-corrected chi connectivity index (χ4v) is 2.59. The minimum atomic E-state index is -0.447. The normalized spacial score (nSPS) is 20.4. The second-order valence-electron chi connectivity index (χ2n) is 5.22. The third-order valence-electron chi connectivity index (χ3n) is 3.71. The summed E-state index contributed by atoms with van der Waals surface area (Å²) in [4.78, 5) is 25.7. The number of imide groups is 1. The zero-order chi connectivity index (χ0) is 14.9. The summed E-state index contributed by atoms with van der Waals surface area (Å²) in [6, 6.07) is 5.32. The van der Waals surface area contributed by atoms with Crippen molar-refractivity contribution < 1.29 is 9.59 Å². The summed E-state index contributed by atoms with van der Waals surface area (Å²) in [6.07, 6.45) is 1.01. The Morgan fingerprint density at radius 2 is 2.15 bits per heavy atom. The fourth-order valence-electron chi connectivity index (χ4n) is 2.35. The molecule has 0 spiro atoms. The summed E-state index contributed by atoms with van der Waals surface area (Å²) < 4.78 is 1.03. The Morgan fingerprint density at radius 3 is 2.75 bits per heavy atom. The van der Waals surface area contributed by atoms with Crippen LogP contribution in [0.5, 0.6) is 0 Å². The average molecular weight is 339 g/mol. The van der Waals surface area contributed by atoms with E-state index in [2.05, 4.69) is 21.2 Å². The minimum absolute atomic E-state index is 0.0338. The second kappa shape index (κ2) is 5.95. The molecule has 1 aromatic rings. The van der Waals surface area contributed by atoms with E-state index in [1.54, 1.807) is 0 Å². The number of carbonyl (C=O) groups is 2. The Kier molecular flexibility index (Phi) is 4.48. The molecule has 1 aliphatic rings. The molecule has 0 saturated carbocycles. The molecule has 1 N–H and O–H groups in total. The van der Waals surface area contributed by atoms with Crippen molar-refractivity contribution in [2.75, 3.05) is 5.32 Å². The van der Waals surface area contributed by atoms with Crippen LogP contribution in [-0.2, 0) is 9.59 Å². The lowest BCUT2D eigenvalue weighted by Gasteiger charge is -2.22. The van der Waals surface area contributed by atoms with Gasteiger partial charge in [0.2, 0.25) is 5.91 Å². The number of hydrogen-bond donors (Lipinski definition) is 1. The fraction of sp³-hybridized carbons (Fsp3) is 0.467. The molecule has 20 heavy (non-hydrogen) atoms. The van der Waals surface area contributed by atoms with Crippen molar-refractivity contribution >= 4 is 33.4 Å². The number of carbonyl (C=O) groups excluding carboxylic acids is 2. The zero-order valence-corrected chi connectivity index (χ0v) is 13.5. The van der Waals surface area contributed by atoms with Gasteiger partial charge in [-0.2, -0.15) is 0 Å². The first-order chi connectivity index (χ1) is 9.43. The van der Waals surface area contributed by atoms with Gasteiger partial charge in [0.1, 0.15) is 6.04 Å². The van der Waals surface area contributed by atoms with Gasteiger partial charge in [0, 0.05) is 16.2 Å². The number of hydrogen-bond acceptors (Lipinski definition) is 3. The molecule has 1 aromatic carbocycles. The molecule has 1 heterocycles. The molecule has 2 rings (SSSR count). The topological polar surface area (TPSA) is 49.4 Å². The van der Waals surface area contributed by atoms with Gasteiger partial charge in [0.15, 0.2) is 0 Å². The first-order valence-corrected chi connectivity index (χ1v) is 7.62. The molecule has 108 valence electrons. The smallest absolute Gasteiger partial charge is 0.252 e. The maximum absolute atomic E-state index is 12.3. The van der Waals surface area contributed by atoms with E-state index >= 15 is 0 Å². The molecule has 0 radical (unpaired) electrons. The number of rotatable bonds is 4. The van der Waals surface area contributed by atoms with Crippen molar-refractivity contribution in [1.29, 1.82) is 0 Å². The highest BCUT2D eigenvalue weighted by Gasteiger charge is 2.40. The number of amides is 2. The van der Waals surface area contributed by atoms with Crippen LogP contribution in [0.2, 0.25) is 0 Å². The molecule has 0 aliphatic carbocycles. The Balaban J connectivity index is 2.13. The van der Waals surface area contributed by atoms with Crippen LogP contribution in [0.3, 0.4) is 0 Å². The Labute approximate surface area is 127 Å². The lowest BCUT2D eigenvalue weighted by atomic mass is 10.2. The number of halogens is 1. The third kappa shape index (κ3) is 2.87. The summed E-state index contributed by atoms with van der Waals surface area (Å²) >= 11 is 3.44. The van der Waals surface area contributed by atoms with Crippen molar-refractivity contribution in [2.45, 2.75) is 45.7 Å². The molecule has 1 fully saturated rings. The molecular weight excluding hydrogens is 320 g/mol. The van der Waals surface area contributed by atoms with E-state index in [1.165, 1.54) is 4.90 Å². The van der Waals surface area contributed by atoms with Crippen LogP contribution in [-0.4, -0.2) is 28.8 Å². The molecule has 1 saturated heterocycles. The van der Waals surface area contributed by atoms with E-state index in [1.807, 2.05) is 39.0 Å². The number of benzene rings is 1. The maximum atomic E-state index is 12.3. The van der Waals surface area contributed by atoms with Gasteiger partial charge in [-0.15, -0.1) is 0 Å². The summed E-state index contributed by atoms with van der Waals surface area (Å²) in [5, 5.41) is 3.17. The predicted octanol–water partition coefficient (Wildman–Crippen LogP) is 3.10. The van der Waals surface area contributed by atoms with Crippen LogP contribution in [0.1, 0.15) is 32.3 Å². The van der Waals surface area contributed by atoms with Crippen LogP contribution in [0, 0.1) is 6.92 Å². The SMILES string of the molecule is CCC(C)N1C(=O)CC(Nc2ccc(Br)c(C)c2)C1=O. The lowest BCUT2D eigenvalue weighted by Crippen LogP contribution is -2.40. The van der Waals surface area contributed by atoms with Crippen LogP contribution < -0.4 is 5.32 Å². The summed E-state index contributed by atoms with van der Waals surface area (Å²) in [6.45, 7) is 5.87. The van der Waals surface area contributed by atoms with E-state index in [-0.39, 0.29) is 24.3 Å². The van der Waals surface area contributed by atoms with Gasteiger partial charge in [-0.25, -0.2) is 0 Å². The van der Waals surface area contributed by atoms with Crippen molar-refractivity contribution in [3.8, 4) is 0 Å². The monoisotopic (exact) mass is 338 g/mol. The van der Waals surface area contributed by atoms with E-state index in [9.17, 15) is 9.59 Å². The number of anilines is 1. The molecule has 4 nitrogen and oxygen atoms in total. The second-order valence-corrected chi connectivity index (χ2v) is 6.08. The summed E-state index contributed by atoms with van der Waals surface area (Å²) in [7, 11) is 0. The van der Waals surface area contributed by atoms with Crippen LogP contribution in [0.4, 0.5) is 5.69 Å². The van der Waals surface area contributed by atoms with Gasteiger partial charge in [-0.3, -0.25) is 14.5 Å². The van der Waals surface area contributed by atoms with Crippen LogP contribution in [0.25, 0.3) is 0 Å². The van der Waals surface area contributed by atoms with Gasteiger partial charge < -0.3 is 5.32 Å². The van der Waals surface area contributed by atoms with Crippen molar-refractivity contribution in [3.05, 3.63) is 28.2 Å². The van der Waals surface area contributed by atoms with Crippen LogP contribution >= 0.6 is 15.9 Å². The number of nitrogens with one attached hydrogen (secondary N) is 1. The van der Waals surface area contributed by atoms with Gasteiger partial charge in [-0.05, 0) is 44.0 Å². The summed E-state index contributed by atoms with van der Waals surface area (Å²) in [5.74, 6) is -0.208. The molecule has 0 bridgehead atoms. The lowest BCUT2D eigenvalue weighted by molar-refractivity contribution is -0.140. The summed E-state index contributed by atoms with van der Waals surface area (Å²) in [5.41, 5.74) is 1.95. The van der Waals surface area contributed by atoms with Gasteiger partial charge in [0.05, 0.1) is 6.42 Å². The molecule has 1 aliphatic heterocycles. The van der Waals surface area contributed by atoms with Gasteiger partial charge in [0.25, 0.3) is 5.91 Å². The highest BCUT2D eigenvalue weighted by molar-refractivity contribution is 9.10. The standard InChI is InChI=1S/C15H19BrN2O2/c1-4-10(3)18-14(19)8-13(15(18)20)17-11-5-6-12(16)9(2)7-11/h5-7,10,13,17H,4,8H2,1-3H3. The van der Waals surface area contributed by atoms with Crippen molar-refractivity contribution in [3.63, 3.8) is 0 Å². The van der Waals surface area contributed by atoms with Gasteiger partial charge in [-0.1, -0.05) is 22.9 Å². The van der Waals surface area contributed by atoms with E-state index in [0.717, 1.165) is 22.1 Å². The quantitative estimate of drug-likeness (QED) is 0.858. The Bertz CT molecular complexity index is 545. The molecule has 2 unspecified atom stereocenters. The van der Waals surface area contributed by atoms with E-state index in [0.29, 0.717) is 0 Å². The number of nitrogens with zero attached hydrogens (tertiary/aromatic N) is 1. The Morgan fingerprint density at radius 1 is 1.45 bits per heavy atom. The van der Waals surface area contributed by atoms with Gasteiger partial charge >= 0.3 is 0 Å². The minimum Gasteiger partial charge on any atom is -0.373 e. The molecule has 0 aromatic heterocycles. The van der Waals surface area contributed by atoms with Crippen molar-refractivity contribution in [1.82, 2.24) is 4.90 Å². The molecule has 2 atom stereocenters.